The van der Waals surface area contributed by atoms with Crippen LogP contribution in [0.3, 0.4) is 0 Å². The first-order valence-corrected chi connectivity index (χ1v) is 16.8. The summed E-state index contributed by atoms with van der Waals surface area (Å²) in [4.78, 5) is 123. The Hall–Kier alpha value is -6.85. The van der Waals surface area contributed by atoms with E-state index < -0.39 is 90.5 Å². The summed E-state index contributed by atoms with van der Waals surface area (Å²) in [6.45, 7) is -0.848. The number of carbonyl (C=O) groups is 8. The fourth-order valence-electron chi connectivity index (χ4n) is 4.50. The number of nitrogens with zero attached hydrogens (tertiary/aromatic N) is 3. The van der Waals surface area contributed by atoms with Crippen molar-refractivity contribution in [2.24, 2.45) is 0 Å². The van der Waals surface area contributed by atoms with Crippen LogP contribution in [0.1, 0.15) is 41.7 Å². The smallest absolute Gasteiger partial charge is 0.327 e. The van der Waals surface area contributed by atoms with Gasteiger partial charge in [-0.3, -0.25) is 38.5 Å². The molecule has 0 saturated heterocycles. The second-order valence-corrected chi connectivity index (χ2v) is 11.9. The lowest BCUT2D eigenvalue weighted by molar-refractivity contribution is -0.141. The minimum atomic E-state index is -1.72. The Bertz CT molecular complexity index is 1990. The lowest BCUT2D eigenvalue weighted by atomic mass is 10.1. The van der Waals surface area contributed by atoms with E-state index in [1.165, 1.54) is 30.5 Å². The van der Waals surface area contributed by atoms with Crippen LogP contribution >= 0.6 is 12.6 Å². The highest BCUT2D eigenvalue weighted by atomic mass is 32.1. The first-order valence-electron chi connectivity index (χ1n) is 16.1. The molecular formula is C31H37N11O12S. The summed E-state index contributed by atoms with van der Waals surface area (Å²) in [6.07, 6.45) is -0.448. The number of nitrogen functional groups attached to an aromatic ring is 1. The lowest BCUT2D eigenvalue weighted by Gasteiger charge is -2.21. The van der Waals surface area contributed by atoms with E-state index in [9.17, 15) is 53.4 Å². The standard InChI is InChI=1S/C31H37N11O12S/c32-31-41-25-24(28(50)42-31)37-16(11-36-25)10-34-15-3-1-14(2-4-15)26(48)39-18(29(51)52)9-21(44)35-12-22(45)38-17(27(49)40-19(13-55)30(53)54)7-8-33-20(43)5-6-23(46)47/h1-4,11,17-19,34,55H,5-10,12-13H2,(H,33,43)(H,35,44)(H,38,45)(H,39,48)(H,40,49)(H,46,47)(H,51,52)(H,53,54)(H3,32,36,41,42,50). The lowest BCUT2D eigenvalue weighted by Crippen LogP contribution is -2.54. The fraction of sp³-hybridized carbons (Fsp3) is 0.355. The number of aromatic nitrogens is 4. The number of aromatic amines is 1. The van der Waals surface area contributed by atoms with Crippen LogP contribution in [0.2, 0.25) is 0 Å². The zero-order valence-corrected chi connectivity index (χ0v) is 29.6. The highest BCUT2D eigenvalue weighted by molar-refractivity contribution is 7.80. The maximum atomic E-state index is 12.8. The third-order valence-electron chi connectivity index (χ3n) is 7.32. The first-order chi connectivity index (χ1) is 26.1. The van der Waals surface area contributed by atoms with Gasteiger partial charge in [0.05, 0.1) is 37.8 Å². The Morgan fingerprint density at radius 1 is 0.818 bits per heavy atom. The Kier molecular flexibility index (Phi) is 15.8. The molecule has 0 radical (unpaired) electrons. The van der Waals surface area contributed by atoms with Crippen LogP contribution in [-0.2, 0) is 40.1 Å². The van der Waals surface area contributed by atoms with Gasteiger partial charge in [-0.1, -0.05) is 0 Å². The molecule has 3 unspecified atom stereocenters. The molecule has 0 bridgehead atoms. The number of anilines is 2. The number of nitrogens with one attached hydrogen (secondary N) is 7. The number of fused-ring (bicyclic) bond motifs is 1. The van der Waals surface area contributed by atoms with Crippen molar-refractivity contribution in [1.29, 1.82) is 0 Å². The maximum absolute atomic E-state index is 12.8. The number of H-pyrrole nitrogens is 1. The van der Waals surface area contributed by atoms with Gasteiger partial charge < -0.3 is 53.0 Å². The van der Waals surface area contributed by atoms with E-state index >= 15 is 0 Å². The molecule has 2 aromatic heterocycles. The van der Waals surface area contributed by atoms with Crippen LogP contribution < -0.4 is 43.2 Å². The summed E-state index contributed by atoms with van der Waals surface area (Å²) < 4.78 is 0. The number of thiol groups is 1. The fourth-order valence-corrected chi connectivity index (χ4v) is 4.75. The number of carboxylic acids is 3. The molecule has 0 aliphatic rings. The molecule has 2 heterocycles. The van der Waals surface area contributed by atoms with Crippen LogP contribution in [0.25, 0.3) is 11.2 Å². The monoisotopic (exact) mass is 787 g/mol. The summed E-state index contributed by atoms with van der Waals surface area (Å²) in [6, 6.07) is 1.23. The van der Waals surface area contributed by atoms with Crippen LogP contribution in [-0.4, -0.2) is 120 Å². The van der Waals surface area contributed by atoms with Gasteiger partial charge in [-0.15, -0.1) is 0 Å². The summed E-state index contributed by atoms with van der Waals surface area (Å²) in [5, 5.41) is 41.8. The molecule has 0 aliphatic heterocycles. The van der Waals surface area contributed by atoms with E-state index in [1.807, 2.05) is 0 Å². The van der Waals surface area contributed by atoms with Crippen LogP contribution in [0.4, 0.5) is 11.6 Å². The number of benzene rings is 1. The number of hydrogen-bond donors (Lipinski definition) is 12. The second-order valence-electron chi connectivity index (χ2n) is 11.5. The number of carboxylic acid groups (broad SMARTS) is 3. The normalized spacial score (nSPS) is 12.3. The molecule has 12 N–H and O–H groups in total. The molecule has 3 rings (SSSR count). The summed E-state index contributed by atoms with van der Waals surface area (Å²) in [7, 11) is 0. The average Bonchev–Trinajstić information content (AvgIpc) is 3.13. The van der Waals surface area contributed by atoms with Gasteiger partial charge in [-0.25, -0.2) is 19.6 Å². The van der Waals surface area contributed by atoms with Gasteiger partial charge in [0.1, 0.15) is 18.1 Å². The molecule has 0 spiro atoms. The van der Waals surface area contributed by atoms with Gasteiger partial charge in [-0.05, 0) is 30.7 Å². The van der Waals surface area contributed by atoms with E-state index in [2.05, 4.69) is 64.5 Å². The zero-order chi connectivity index (χ0) is 40.7. The van der Waals surface area contributed by atoms with Crippen molar-refractivity contribution < 1.29 is 53.7 Å². The highest BCUT2D eigenvalue weighted by Crippen LogP contribution is 2.12. The molecule has 0 saturated carbocycles. The van der Waals surface area contributed by atoms with E-state index in [4.69, 9.17) is 10.8 Å². The van der Waals surface area contributed by atoms with Crippen molar-refractivity contribution in [3.63, 3.8) is 0 Å². The van der Waals surface area contributed by atoms with Gasteiger partial charge in [-0.2, -0.15) is 17.6 Å². The van der Waals surface area contributed by atoms with Crippen molar-refractivity contribution in [2.75, 3.05) is 29.9 Å². The molecule has 24 heteroatoms. The molecule has 23 nitrogen and oxygen atoms in total. The molecule has 0 aliphatic carbocycles. The maximum Gasteiger partial charge on any atom is 0.327 e. The molecule has 3 atom stereocenters. The van der Waals surface area contributed by atoms with Gasteiger partial charge in [0, 0.05) is 30.0 Å². The molecule has 1 aromatic carbocycles. The summed E-state index contributed by atoms with van der Waals surface area (Å²) >= 11 is 3.86. The van der Waals surface area contributed by atoms with E-state index in [1.54, 1.807) is 0 Å². The van der Waals surface area contributed by atoms with Crippen molar-refractivity contribution in [2.45, 2.75) is 50.4 Å². The zero-order valence-electron chi connectivity index (χ0n) is 28.7. The third-order valence-corrected chi connectivity index (χ3v) is 7.68. The van der Waals surface area contributed by atoms with Gasteiger partial charge in [0.2, 0.25) is 29.6 Å². The number of carbonyl (C=O) groups excluding carboxylic acids is 5. The first kappa shape index (κ1) is 42.6. The van der Waals surface area contributed by atoms with E-state index in [-0.39, 0.29) is 54.4 Å². The molecular weight excluding hydrogens is 750 g/mol. The average molecular weight is 788 g/mol. The summed E-state index contributed by atoms with van der Waals surface area (Å²) in [5.74, 6) is -8.92. The number of hydrogen-bond acceptors (Lipinski definition) is 15. The largest absolute Gasteiger partial charge is 0.481 e. The van der Waals surface area contributed by atoms with E-state index in [0.29, 0.717) is 11.4 Å². The molecule has 55 heavy (non-hydrogen) atoms. The molecule has 5 amide bonds. The van der Waals surface area contributed by atoms with Crippen LogP contribution in [0.5, 0.6) is 0 Å². The molecule has 0 fully saturated rings. The Balaban J connectivity index is 1.52. The Labute approximate surface area is 315 Å². The molecule has 3 aromatic rings. The minimum absolute atomic E-state index is 0.00646. The predicted octanol–water partition coefficient (Wildman–Crippen LogP) is -3.05. The predicted molar refractivity (Wildman–Crippen MR) is 192 cm³/mol. The van der Waals surface area contributed by atoms with Gasteiger partial charge >= 0.3 is 17.9 Å². The number of aliphatic carboxylic acids is 3. The second kappa shape index (κ2) is 20.4. The Morgan fingerprint density at radius 2 is 1.51 bits per heavy atom. The summed E-state index contributed by atoms with van der Waals surface area (Å²) in [5.41, 5.74) is 5.98. The number of rotatable bonds is 21. The third kappa shape index (κ3) is 13.9. The van der Waals surface area contributed by atoms with E-state index in [0.717, 1.165) is 0 Å². The Morgan fingerprint density at radius 3 is 2.15 bits per heavy atom. The van der Waals surface area contributed by atoms with Crippen molar-refractivity contribution in [3.05, 3.63) is 52.1 Å². The number of amides is 5. The van der Waals surface area contributed by atoms with Crippen LogP contribution in [0, 0.1) is 0 Å². The van der Waals surface area contributed by atoms with Gasteiger partial charge in [0.25, 0.3) is 11.5 Å². The van der Waals surface area contributed by atoms with Crippen LogP contribution in [0.15, 0.2) is 35.3 Å². The number of nitrogens with two attached hydrogens (primary N) is 1. The van der Waals surface area contributed by atoms with Crippen molar-refractivity contribution in [1.82, 2.24) is 46.5 Å². The quantitative estimate of drug-likeness (QED) is 0.0477. The SMILES string of the molecule is Nc1nc2ncc(CNc3ccc(C(=O)NC(CC(=O)NCC(=O)NC(CCNC(=O)CCC(=O)O)C(=O)NC(CS)C(=O)O)C(=O)O)cc3)nc2c(=O)[nH]1. The van der Waals surface area contributed by atoms with Crippen molar-refractivity contribution in [3.8, 4) is 0 Å². The van der Waals surface area contributed by atoms with Gasteiger partial charge in [0.15, 0.2) is 11.2 Å². The molecule has 294 valence electrons. The highest BCUT2D eigenvalue weighted by Gasteiger charge is 2.27. The van der Waals surface area contributed by atoms with Crippen molar-refractivity contribution >= 4 is 82.9 Å². The topological polar surface area (TPSA) is 367 Å². The minimum Gasteiger partial charge on any atom is -0.481 e.